The number of sulfonamides is 1. The molecule has 1 aliphatic rings. The molecular formula is C11H15BrN2O3S2. The van der Waals surface area contributed by atoms with Crippen molar-refractivity contribution in [1.29, 1.82) is 0 Å². The molecule has 1 aromatic rings. The standard InChI is InChI=1S/C11H15BrN2O3S2/c12-9-3-6-18-11(9)19(16,17)14-4-1-8(2-5-14)7-10(13)15/h3,6,8H,1-2,4-5,7H2,(H2,13,15). The van der Waals surface area contributed by atoms with Crippen molar-refractivity contribution < 1.29 is 13.2 Å². The maximum absolute atomic E-state index is 12.4. The second-order valence-electron chi connectivity index (χ2n) is 4.57. The van der Waals surface area contributed by atoms with E-state index in [-0.39, 0.29) is 11.8 Å². The minimum atomic E-state index is -3.41. The topological polar surface area (TPSA) is 80.5 Å². The van der Waals surface area contributed by atoms with Crippen LogP contribution in [0.25, 0.3) is 0 Å². The van der Waals surface area contributed by atoms with E-state index in [1.54, 1.807) is 11.4 Å². The number of amides is 1. The second-order valence-corrected chi connectivity index (χ2v) is 8.48. The fourth-order valence-corrected chi connectivity index (χ4v) is 6.14. The van der Waals surface area contributed by atoms with Crippen molar-refractivity contribution in [2.45, 2.75) is 23.5 Å². The van der Waals surface area contributed by atoms with Crippen LogP contribution in [0.3, 0.4) is 0 Å². The summed E-state index contributed by atoms with van der Waals surface area (Å²) >= 11 is 4.47. The molecule has 0 atom stereocenters. The average molecular weight is 367 g/mol. The zero-order chi connectivity index (χ0) is 14.0. The van der Waals surface area contributed by atoms with Crippen molar-refractivity contribution in [2.24, 2.45) is 11.7 Å². The Balaban J connectivity index is 2.05. The molecule has 0 bridgehead atoms. The molecule has 1 fully saturated rings. The third-order valence-corrected chi connectivity index (χ3v) is 7.77. The van der Waals surface area contributed by atoms with E-state index in [2.05, 4.69) is 15.9 Å². The molecule has 1 saturated heterocycles. The van der Waals surface area contributed by atoms with Crippen molar-refractivity contribution in [1.82, 2.24) is 4.31 Å². The zero-order valence-corrected chi connectivity index (χ0v) is 13.4. The lowest BCUT2D eigenvalue weighted by Gasteiger charge is -2.30. The number of halogens is 1. The molecule has 1 aliphatic heterocycles. The molecule has 106 valence electrons. The number of nitrogens with two attached hydrogens (primary N) is 1. The van der Waals surface area contributed by atoms with Gasteiger partial charge in [0.1, 0.15) is 4.21 Å². The van der Waals surface area contributed by atoms with Gasteiger partial charge in [0.15, 0.2) is 0 Å². The summed E-state index contributed by atoms with van der Waals surface area (Å²) in [7, 11) is -3.41. The summed E-state index contributed by atoms with van der Waals surface area (Å²) in [6.45, 7) is 0.898. The maximum atomic E-state index is 12.4. The molecule has 8 heteroatoms. The average Bonchev–Trinajstić information content (AvgIpc) is 2.76. The molecule has 0 unspecified atom stereocenters. The first kappa shape index (κ1) is 15.0. The van der Waals surface area contributed by atoms with Gasteiger partial charge in [-0.05, 0) is 46.1 Å². The number of primary amides is 1. The molecular weight excluding hydrogens is 352 g/mol. The summed E-state index contributed by atoms with van der Waals surface area (Å²) in [5.74, 6) is -0.113. The van der Waals surface area contributed by atoms with Gasteiger partial charge in [-0.2, -0.15) is 4.31 Å². The Hall–Kier alpha value is -0.440. The van der Waals surface area contributed by atoms with Gasteiger partial charge >= 0.3 is 0 Å². The third-order valence-electron chi connectivity index (χ3n) is 3.22. The predicted octanol–water partition coefficient (Wildman–Crippen LogP) is 1.79. The molecule has 0 radical (unpaired) electrons. The van der Waals surface area contributed by atoms with Gasteiger partial charge in [0, 0.05) is 24.0 Å². The monoisotopic (exact) mass is 366 g/mol. The normalized spacial score (nSPS) is 18.6. The lowest BCUT2D eigenvalue weighted by atomic mass is 9.94. The number of carbonyl (C=O) groups excluding carboxylic acids is 1. The molecule has 19 heavy (non-hydrogen) atoms. The third kappa shape index (κ3) is 3.36. The highest BCUT2D eigenvalue weighted by molar-refractivity contribution is 9.10. The van der Waals surface area contributed by atoms with E-state index >= 15 is 0 Å². The Labute approximate surface area is 125 Å². The van der Waals surface area contributed by atoms with E-state index in [4.69, 9.17) is 5.73 Å². The van der Waals surface area contributed by atoms with Gasteiger partial charge in [-0.1, -0.05) is 0 Å². The van der Waals surface area contributed by atoms with Gasteiger partial charge in [-0.3, -0.25) is 4.79 Å². The van der Waals surface area contributed by atoms with Crippen molar-refractivity contribution in [3.05, 3.63) is 15.9 Å². The first-order valence-electron chi connectivity index (χ1n) is 5.92. The number of rotatable bonds is 4. The zero-order valence-electron chi connectivity index (χ0n) is 10.2. The van der Waals surface area contributed by atoms with Crippen molar-refractivity contribution in [3.8, 4) is 0 Å². The van der Waals surface area contributed by atoms with Gasteiger partial charge in [0.25, 0.3) is 10.0 Å². The summed E-state index contributed by atoms with van der Waals surface area (Å²) < 4.78 is 27.3. The minimum Gasteiger partial charge on any atom is -0.370 e. The molecule has 2 N–H and O–H groups in total. The van der Waals surface area contributed by atoms with Gasteiger partial charge in [0.2, 0.25) is 5.91 Å². The number of piperidine rings is 1. The van der Waals surface area contributed by atoms with Gasteiger partial charge < -0.3 is 5.73 Å². The van der Waals surface area contributed by atoms with Crippen LogP contribution >= 0.6 is 27.3 Å². The fourth-order valence-electron chi connectivity index (χ4n) is 2.22. The van der Waals surface area contributed by atoms with Crippen molar-refractivity contribution in [3.63, 3.8) is 0 Å². The van der Waals surface area contributed by atoms with Crippen LogP contribution in [-0.4, -0.2) is 31.7 Å². The smallest absolute Gasteiger partial charge is 0.253 e. The Kier molecular flexibility index (Phi) is 4.65. The first-order valence-corrected chi connectivity index (χ1v) is 9.04. The Morgan fingerprint density at radius 3 is 2.58 bits per heavy atom. The highest BCUT2D eigenvalue weighted by Gasteiger charge is 2.31. The van der Waals surface area contributed by atoms with Crippen LogP contribution in [-0.2, 0) is 14.8 Å². The van der Waals surface area contributed by atoms with E-state index in [0.717, 1.165) is 0 Å². The highest BCUT2D eigenvalue weighted by atomic mass is 79.9. The van der Waals surface area contributed by atoms with Crippen LogP contribution < -0.4 is 5.73 Å². The summed E-state index contributed by atoms with van der Waals surface area (Å²) in [4.78, 5) is 10.9. The van der Waals surface area contributed by atoms with Crippen molar-refractivity contribution >= 4 is 43.2 Å². The van der Waals surface area contributed by atoms with Crippen LogP contribution in [0.5, 0.6) is 0 Å². The molecule has 2 rings (SSSR count). The van der Waals surface area contributed by atoms with Crippen LogP contribution in [0.1, 0.15) is 19.3 Å². The van der Waals surface area contributed by atoms with Crippen LogP contribution in [0.2, 0.25) is 0 Å². The summed E-state index contributed by atoms with van der Waals surface area (Å²) in [5, 5.41) is 1.75. The number of hydrogen-bond acceptors (Lipinski definition) is 4. The van der Waals surface area contributed by atoms with E-state index < -0.39 is 10.0 Å². The molecule has 1 amide bonds. The summed E-state index contributed by atoms with van der Waals surface area (Å²) in [5.41, 5.74) is 5.17. The lowest BCUT2D eigenvalue weighted by molar-refractivity contribution is -0.119. The highest BCUT2D eigenvalue weighted by Crippen LogP contribution is 2.32. The van der Waals surface area contributed by atoms with Crippen LogP contribution in [0, 0.1) is 5.92 Å². The molecule has 0 saturated carbocycles. The molecule has 5 nitrogen and oxygen atoms in total. The van der Waals surface area contributed by atoms with E-state index in [0.29, 0.717) is 41.0 Å². The van der Waals surface area contributed by atoms with Crippen LogP contribution in [0.15, 0.2) is 20.1 Å². The summed E-state index contributed by atoms with van der Waals surface area (Å²) in [6, 6.07) is 1.73. The van der Waals surface area contributed by atoms with Gasteiger partial charge in [-0.15, -0.1) is 11.3 Å². The molecule has 0 aromatic carbocycles. The maximum Gasteiger partial charge on any atom is 0.253 e. The minimum absolute atomic E-state index is 0.204. The van der Waals surface area contributed by atoms with E-state index in [9.17, 15) is 13.2 Å². The van der Waals surface area contributed by atoms with Gasteiger partial charge in [-0.25, -0.2) is 8.42 Å². The predicted molar refractivity (Wildman–Crippen MR) is 77.3 cm³/mol. The van der Waals surface area contributed by atoms with Gasteiger partial charge in [0.05, 0.1) is 0 Å². The number of thiophene rings is 1. The van der Waals surface area contributed by atoms with E-state index in [1.165, 1.54) is 15.6 Å². The van der Waals surface area contributed by atoms with E-state index in [1.807, 2.05) is 0 Å². The number of carbonyl (C=O) groups is 1. The Morgan fingerprint density at radius 2 is 2.11 bits per heavy atom. The Morgan fingerprint density at radius 1 is 1.47 bits per heavy atom. The molecule has 0 aliphatic carbocycles. The Bertz CT molecular complexity index is 562. The first-order chi connectivity index (χ1) is 8.91. The number of nitrogens with zero attached hydrogens (tertiary/aromatic N) is 1. The number of hydrogen-bond donors (Lipinski definition) is 1. The largest absolute Gasteiger partial charge is 0.370 e. The lowest BCUT2D eigenvalue weighted by Crippen LogP contribution is -2.39. The SMILES string of the molecule is NC(=O)CC1CCN(S(=O)(=O)c2sccc2Br)CC1. The molecule has 2 heterocycles. The van der Waals surface area contributed by atoms with Crippen LogP contribution in [0.4, 0.5) is 0 Å². The molecule has 1 aromatic heterocycles. The van der Waals surface area contributed by atoms with Crippen molar-refractivity contribution in [2.75, 3.05) is 13.1 Å². The summed E-state index contributed by atoms with van der Waals surface area (Å²) in [6.07, 6.45) is 1.72. The fraction of sp³-hybridized carbons (Fsp3) is 0.545. The quantitative estimate of drug-likeness (QED) is 0.881. The molecule has 0 spiro atoms. The second kappa shape index (κ2) is 5.90.